The highest BCUT2D eigenvalue weighted by molar-refractivity contribution is 7.11. The summed E-state index contributed by atoms with van der Waals surface area (Å²) in [6, 6.07) is 8.47. The van der Waals surface area contributed by atoms with E-state index in [1.54, 1.807) is 11.3 Å². The summed E-state index contributed by atoms with van der Waals surface area (Å²) in [5.74, 6) is 0. The molecule has 0 atom stereocenters. The van der Waals surface area contributed by atoms with Crippen LogP contribution in [0.25, 0.3) is 0 Å². The Hall–Kier alpha value is -1.19. The first-order chi connectivity index (χ1) is 8.24. The van der Waals surface area contributed by atoms with Crippen molar-refractivity contribution in [1.29, 1.82) is 0 Å². The first-order valence-corrected chi connectivity index (χ1v) is 6.78. The van der Waals surface area contributed by atoms with Gasteiger partial charge in [0.05, 0.1) is 10.7 Å². The van der Waals surface area contributed by atoms with Crippen LogP contribution in [0.2, 0.25) is 0 Å². The highest BCUT2D eigenvalue weighted by Gasteiger charge is 2.09. The van der Waals surface area contributed by atoms with E-state index in [1.807, 2.05) is 0 Å². The summed E-state index contributed by atoms with van der Waals surface area (Å²) in [4.78, 5) is 5.91. The molecule has 17 heavy (non-hydrogen) atoms. The molecule has 0 aliphatic heterocycles. The molecular formula is C14H18N2S. The third-order valence-electron chi connectivity index (χ3n) is 2.95. The van der Waals surface area contributed by atoms with Crippen molar-refractivity contribution in [3.8, 4) is 0 Å². The Labute approximate surface area is 107 Å². The van der Waals surface area contributed by atoms with Gasteiger partial charge in [-0.05, 0) is 24.5 Å². The largest absolute Gasteiger partial charge is 0.326 e. The van der Waals surface area contributed by atoms with Crippen LogP contribution in [0.15, 0.2) is 24.3 Å². The van der Waals surface area contributed by atoms with Gasteiger partial charge in [0.25, 0.3) is 0 Å². The Bertz CT molecular complexity index is 481. The number of nitrogens with two attached hydrogens (primary N) is 1. The second kappa shape index (κ2) is 5.43. The minimum atomic E-state index is 0.606. The molecule has 0 aliphatic rings. The van der Waals surface area contributed by atoms with Crippen LogP contribution >= 0.6 is 11.3 Å². The van der Waals surface area contributed by atoms with Crippen molar-refractivity contribution in [2.75, 3.05) is 0 Å². The Kier molecular flexibility index (Phi) is 3.92. The van der Waals surface area contributed by atoms with Gasteiger partial charge in [-0.25, -0.2) is 4.98 Å². The number of benzene rings is 1. The minimum absolute atomic E-state index is 0.606. The molecular weight excluding hydrogens is 228 g/mol. The molecule has 0 amide bonds. The molecule has 0 saturated heterocycles. The molecule has 0 spiro atoms. The SMILES string of the molecule is CCc1nc(Cc2ccccc2C)sc1CN. The van der Waals surface area contributed by atoms with Crippen LogP contribution in [0.5, 0.6) is 0 Å². The van der Waals surface area contributed by atoms with Gasteiger partial charge < -0.3 is 5.73 Å². The summed E-state index contributed by atoms with van der Waals surface area (Å²) in [7, 11) is 0. The highest BCUT2D eigenvalue weighted by atomic mass is 32.1. The predicted molar refractivity (Wildman–Crippen MR) is 73.4 cm³/mol. The number of hydrogen-bond donors (Lipinski definition) is 1. The van der Waals surface area contributed by atoms with E-state index in [9.17, 15) is 0 Å². The number of aromatic nitrogens is 1. The molecule has 1 heterocycles. The number of rotatable bonds is 4. The zero-order valence-electron chi connectivity index (χ0n) is 10.4. The maximum atomic E-state index is 5.73. The van der Waals surface area contributed by atoms with E-state index in [1.165, 1.54) is 26.7 Å². The van der Waals surface area contributed by atoms with Crippen LogP contribution in [-0.4, -0.2) is 4.98 Å². The average Bonchev–Trinajstić information content (AvgIpc) is 2.74. The third-order valence-corrected chi connectivity index (χ3v) is 4.07. The summed E-state index contributed by atoms with van der Waals surface area (Å²) in [6.07, 6.45) is 1.89. The quantitative estimate of drug-likeness (QED) is 0.900. The number of aryl methyl sites for hydroxylation is 2. The van der Waals surface area contributed by atoms with Gasteiger partial charge in [0, 0.05) is 17.8 Å². The summed E-state index contributed by atoms with van der Waals surface area (Å²) < 4.78 is 0. The van der Waals surface area contributed by atoms with E-state index >= 15 is 0 Å². The van der Waals surface area contributed by atoms with Crippen molar-refractivity contribution in [1.82, 2.24) is 4.98 Å². The van der Waals surface area contributed by atoms with Crippen molar-refractivity contribution >= 4 is 11.3 Å². The maximum Gasteiger partial charge on any atom is 0.0975 e. The maximum absolute atomic E-state index is 5.73. The molecule has 1 aromatic carbocycles. The summed E-state index contributed by atoms with van der Waals surface area (Å²) in [5, 5.41) is 1.18. The fourth-order valence-electron chi connectivity index (χ4n) is 1.92. The fraction of sp³-hybridized carbons (Fsp3) is 0.357. The van der Waals surface area contributed by atoms with Crippen LogP contribution in [0.4, 0.5) is 0 Å². The molecule has 3 heteroatoms. The van der Waals surface area contributed by atoms with Crippen LogP contribution in [0.3, 0.4) is 0 Å². The molecule has 0 radical (unpaired) electrons. The first-order valence-electron chi connectivity index (χ1n) is 5.96. The van der Waals surface area contributed by atoms with Crippen LogP contribution in [0, 0.1) is 6.92 Å². The molecule has 0 saturated carbocycles. The Morgan fingerprint density at radius 1 is 1.29 bits per heavy atom. The lowest BCUT2D eigenvalue weighted by Crippen LogP contribution is -1.97. The molecule has 0 aliphatic carbocycles. The topological polar surface area (TPSA) is 38.9 Å². The van der Waals surface area contributed by atoms with Crippen molar-refractivity contribution < 1.29 is 0 Å². The lowest BCUT2D eigenvalue weighted by atomic mass is 10.1. The molecule has 0 fully saturated rings. The van der Waals surface area contributed by atoms with Crippen molar-refractivity contribution in [2.24, 2.45) is 5.73 Å². The van der Waals surface area contributed by atoms with Crippen molar-refractivity contribution in [3.63, 3.8) is 0 Å². The molecule has 2 aromatic rings. The summed E-state index contributed by atoms with van der Waals surface area (Å²) in [5.41, 5.74) is 9.58. The Morgan fingerprint density at radius 2 is 2.06 bits per heavy atom. The van der Waals surface area contributed by atoms with E-state index < -0.39 is 0 Å². The number of thiazole rings is 1. The standard InChI is InChI=1S/C14H18N2S/c1-3-12-13(9-15)17-14(16-12)8-11-7-5-4-6-10(11)2/h4-7H,3,8-9,15H2,1-2H3. The normalized spacial score (nSPS) is 10.8. The Morgan fingerprint density at radius 3 is 2.65 bits per heavy atom. The van der Waals surface area contributed by atoms with Gasteiger partial charge in [0.15, 0.2) is 0 Å². The number of hydrogen-bond acceptors (Lipinski definition) is 3. The molecule has 1 aromatic heterocycles. The second-order valence-electron chi connectivity index (χ2n) is 4.14. The molecule has 2 nitrogen and oxygen atoms in total. The average molecular weight is 246 g/mol. The molecule has 0 unspecified atom stereocenters. The van der Waals surface area contributed by atoms with Crippen LogP contribution in [0.1, 0.15) is 33.6 Å². The highest BCUT2D eigenvalue weighted by Crippen LogP contribution is 2.22. The summed E-state index contributed by atoms with van der Waals surface area (Å²) >= 11 is 1.75. The monoisotopic (exact) mass is 246 g/mol. The minimum Gasteiger partial charge on any atom is -0.326 e. The Balaban J connectivity index is 2.24. The van der Waals surface area contributed by atoms with E-state index in [0.29, 0.717) is 6.54 Å². The van der Waals surface area contributed by atoms with Gasteiger partial charge >= 0.3 is 0 Å². The second-order valence-corrected chi connectivity index (χ2v) is 5.31. The smallest absolute Gasteiger partial charge is 0.0975 e. The van der Waals surface area contributed by atoms with E-state index in [2.05, 4.69) is 43.1 Å². The first kappa shape index (κ1) is 12.3. The lowest BCUT2D eigenvalue weighted by Gasteiger charge is -2.01. The van der Waals surface area contributed by atoms with E-state index in [0.717, 1.165) is 12.8 Å². The molecule has 2 rings (SSSR count). The van der Waals surface area contributed by atoms with Gasteiger partial charge in [0.1, 0.15) is 0 Å². The van der Waals surface area contributed by atoms with E-state index in [-0.39, 0.29) is 0 Å². The lowest BCUT2D eigenvalue weighted by molar-refractivity contribution is 0.967. The van der Waals surface area contributed by atoms with Gasteiger partial charge in [0.2, 0.25) is 0 Å². The van der Waals surface area contributed by atoms with Crippen molar-refractivity contribution in [3.05, 3.63) is 51.0 Å². The van der Waals surface area contributed by atoms with Gasteiger partial charge in [-0.15, -0.1) is 11.3 Å². The zero-order chi connectivity index (χ0) is 12.3. The van der Waals surface area contributed by atoms with Crippen LogP contribution in [-0.2, 0) is 19.4 Å². The predicted octanol–water partition coefficient (Wildman–Crippen LogP) is 3.06. The zero-order valence-corrected chi connectivity index (χ0v) is 11.2. The van der Waals surface area contributed by atoms with Crippen LogP contribution < -0.4 is 5.73 Å². The van der Waals surface area contributed by atoms with Crippen molar-refractivity contribution in [2.45, 2.75) is 33.2 Å². The molecule has 90 valence electrons. The molecule has 2 N–H and O–H groups in total. The number of nitrogens with zero attached hydrogens (tertiary/aromatic N) is 1. The third kappa shape index (κ3) is 2.73. The summed E-state index contributed by atoms with van der Waals surface area (Å²) in [6.45, 7) is 4.88. The fourth-order valence-corrected chi connectivity index (χ4v) is 2.98. The van der Waals surface area contributed by atoms with Gasteiger partial charge in [-0.3, -0.25) is 0 Å². The van der Waals surface area contributed by atoms with Gasteiger partial charge in [-0.2, -0.15) is 0 Å². The van der Waals surface area contributed by atoms with E-state index in [4.69, 9.17) is 5.73 Å². The van der Waals surface area contributed by atoms with Gasteiger partial charge in [-0.1, -0.05) is 31.2 Å². The molecule has 0 bridgehead atoms.